The van der Waals surface area contributed by atoms with Gasteiger partial charge >= 0.3 is 0 Å². The van der Waals surface area contributed by atoms with Gasteiger partial charge in [0.05, 0.1) is 18.2 Å². The number of piperidine rings is 1. The molecule has 2 amide bonds. The van der Waals surface area contributed by atoms with E-state index < -0.39 is 17.7 Å². The molecule has 4 nitrogen and oxygen atoms in total. The average Bonchev–Trinajstić information content (AvgIpc) is 2.76. The van der Waals surface area contributed by atoms with E-state index in [9.17, 15) is 18.4 Å². The van der Waals surface area contributed by atoms with Crippen molar-refractivity contribution in [2.45, 2.75) is 32.7 Å². The molecule has 1 aromatic rings. The summed E-state index contributed by atoms with van der Waals surface area (Å²) in [6.07, 6.45) is 1.20. The number of halogens is 2. The van der Waals surface area contributed by atoms with Crippen molar-refractivity contribution < 1.29 is 18.4 Å². The Balaban J connectivity index is 1.83. The number of carbonyl (C=O) groups is 2. The summed E-state index contributed by atoms with van der Waals surface area (Å²) >= 11 is 0. The van der Waals surface area contributed by atoms with Gasteiger partial charge in [-0.2, -0.15) is 0 Å². The van der Waals surface area contributed by atoms with Crippen molar-refractivity contribution in [1.29, 1.82) is 0 Å². The van der Waals surface area contributed by atoms with Crippen LogP contribution >= 0.6 is 0 Å². The zero-order chi connectivity index (χ0) is 16.7. The summed E-state index contributed by atoms with van der Waals surface area (Å²) in [4.78, 5) is 28.0. The van der Waals surface area contributed by atoms with E-state index in [1.807, 2.05) is 0 Å². The highest BCUT2D eigenvalue weighted by atomic mass is 19.2. The van der Waals surface area contributed by atoms with Crippen LogP contribution in [0.5, 0.6) is 0 Å². The topological polar surface area (TPSA) is 40.6 Å². The van der Waals surface area contributed by atoms with Gasteiger partial charge in [-0.15, -0.1) is 0 Å². The minimum Gasteiger partial charge on any atom is -0.291 e. The highest BCUT2D eigenvalue weighted by molar-refractivity contribution is 6.22. The second-order valence-corrected chi connectivity index (χ2v) is 6.79. The lowest BCUT2D eigenvalue weighted by Gasteiger charge is -2.37. The van der Waals surface area contributed by atoms with Gasteiger partial charge in [-0.25, -0.2) is 13.7 Å². The molecule has 2 saturated heterocycles. The zero-order valence-corrected chi connectivity index (χ0v) is 13.3. The summed E-state index contributed by atoms with van der Waals surface area (Å²) in [6.45, 7) is 5.83. The number of hydrogen-bond donors (Lipinski definition) is 0. The molecule has 3 atom stereocenters. The maximum absolute atomic E-state index is 13.4. The van der Waals surface area contributed by atoms with Crippen LogP contribution in [0, 0.1) is 23.5 Å². The quantitative estimate of drug-likeness (QED) is 0.786. The number of rotatable bonds is 2. The van der Waals surface area contributed by atoms with Gasteiger partial charge in [0.2, 0.25) is 5.91 Å². The van der Waals surface area contributed by atoms with Crippen LogP contribution in [0.4, 0.5) is 14.5 Å². The maximum Gasteiger partial charge on any atom is 0.251 e. The number of nitrogens with zero attached hydrogens (tertiary/aromatic N) is 2. The predicted molar refractivity (Wildman–Crippen MR) is 81.8 cm³/mol. The number of benzene rings is 1. The van der Waals surface area contributed by atoms with E-state index in [2.05, 4.69) is 18.7 Å². The fraction of sp³-hybridized carbons (Fsp3) is 0.529. The summed E-state index contributed by atoms with van der Waals surface area (Å²) in [6, 6.07) is 2.59. The van der Waals surface area contributed by atoms with Gasteiger partial charge in [-0.1, -0.05) is 13.8 Å². The molecular formula is C17H20F2N2O2. The van der Waals surface area contributed by atoms with Gasteiger partial charge in [0.1, 0.15) is 0 Å². The Morgan fingerprint density at radius 1 is 1.04 bits per heavy atom. The molecule has 0 spiro atoms. The molecule has 0 unspecified atom stereocenters. The standard InChI is InChI=1S/C17H20F2N2O2/c1-10-5-11(2)9-20(8-10)15-7-16(22)21(17(15)23)12-3-4-13(18)14(19)6-12/h3-4,6,10-11,15H,5,7-9H2,1-2H3/t10-,11-,15+/m0/s1. The van der Waals surface area contributed by atoms with E-state index in [0.29, 0.717) is 11.8 Å². The lowest BCUT2D eigenvalue weighted by Crippen LogP contribution is -2.48. The van der Waals surface area contributed by atoms with Gasteiger partial charge in [-0.3, -0.25) is 14.5 Å². The minimum atomic E-state index is -1.06. The third-order valence-corrected chi connectivity index (χ3v) is 4.62. The SMILES string of the molecule is C[C@H]1C[C@H](C)CN([C@@H]2CC(=O)N(c3ccc(F)c(F)c3)C2=O)C1. The Hall–Kier alpha value is -1.82. The predicted octanol–water partition coefficient (Wildman–Crippen LogP) is 2.57. The van der Waals surface area contributed by atoms with Gasteiger partial charge in [0.25, 0.3) is 5.91 Å². The van der Waals surface area contributed by atoms with Crippen LogP contribution in [-0.2, 0) is 9.59 Å². The number of anilines is 1. The monoisotopic (exact) mass is 322 g/mol. The fourth-order valence-electron chi connectivity index (χ4n) is 3.76. The molecule has 2 aliphatic rings. The first kappa shape index (κ1) is 16.1. The number of amides is 2. The Labute approximate surface area is 134 Å². The first-order valence-corrected chi connectivity index (χ1v) is 7.92. The van der Waals surface area contributed by atoms with E-state index >= 15 is 0 Å². The van der Waals surface area contributed by atoms with Crippen LogP contribution in [-0.4, -0.2) is 35.8 Å². The third-order valence-electron chi connectivity index (χ3n) is 4.62. The van der Waals surface area contributed by atoms with Crippen molar-refractivity contribution in [3.63, 3.8) is 0 Å². The van der Waals surface area contributed by atoms with Crippen molar-refractivity contribution >= 4 is 17.5 Å². The van der Waals surface area contributed by atoms with Crippen molar-refractivity contribution in [3.05, 3.63) is 29.8 Å². The first-order chi connectivity index (χ1) is 10.9. The number of imide groups is 1. The molecule has 3 rings (SSSR count). The van der Waals surface area contributed by atoms with E-state index in [4.69, 9.17) is 0 Å². The summed E-state index contributed by atoms with van der Waals surface area (Å²) in [5, 5.41) is 0. The number of likely N-dealkylation sites (tertiary alicyclic amines) is 1. The van der Waals surface area contributed by atoms with Crippen molar-refractivity contribution in [2.75, 3.05) is 18.0 Å². The molecule has 6 heteroatoms. The minimum absolute atomic E-state index is 0.0945. The highest BCUT2D eigenvalue weighted by Gasteiger charge is 2.44. The van der Waals surface area contributed by atoms with Gasteiger partial charge in [0, 0.05) is 19.2 Å². The van der Waals surface area contributed by atoms with Gasteiger partial charge in [-0.05, 0) is 30.4 Å². The summed E-state index contributed by atoms with van der Waals surface area (Å²) in [5.74, 6) is -1.83. The molecular weight excluding hydrogens is 302 g/mol. The number of carbonyl (C=O) groups excluding carboxylic acids is 2. The van der Waals surface area contributed by atoms with Crippen LogP contribution in [0.3, 0.4) is 0 Å². The zero-order valence-electron chi connectivity index (χ0n) is 13.3. The summed E-state index contributed by atoms with van der Waals surface area (Å²) < 4.78 is 26.5. The Kier molecular flexibility index (Phi) is 4.19. The molecule has 1 aromatic carbocycles. The van der Waals surface area contributed by atoms with Crippen LogP contribution in [0.2, 0.25) is 0 Å². The normalized spacial score (nSPS) is 29.4. The van der Waals surface area contributed by atoms with Crippen LogP contribution in [0.15, 0.2) is 18.2 Å². The van der Waals surface area contributed by atoms with E-state index in [-0.39, 0.29) is 23.9 Å². The molecule has 2 aliphatic heterocycles. The second-order valence-electron chi connectivity index (χ2n) is 6.79. The van der Waals surface area contributed by atoms with Gasteiger partial charge in [0.15, 0.2) is 11.6 Å². The Morgan fingerprint density at radius 2 is 1.70 bits per heavy atom. The van der Waals surface area contributed by atoms with Gasteiger partial charge < -0.3 is 0 Å². The molecule has 0 bridgehead atoms. The molecule has 23 heavy (non-hydrogen) atoms. The van der Waals surface area contributed by atoms with Crippen LogP contribution in [0.1, 0.15) is 26.7 Å². The summed E-state index contributed by atoms with van der Waals surface area (Å²) in [7, 11) is 0. The first-order valence-electron chi connectivity index (χ1n) is 7.92. The van der Waals surface area contributed by atoms with E-state index in [1.165, 1.54) is 6.07 Å². The maximum atomic E-state index is 13.4. The highest BCUT2D eigenvalue weighted by Crippen LogP contribution is 2.30. The van der Waals surface area contributed by atoms with Crippen molar-refractivity contribution in [3.8, 4) is 0 Å². The van der Waals surface area contributed by atoms with Crippen molar-refractivity contribution in [2.24, 2.45) is 11.8 Å². The molecule has 0 aliphatic carbocycles. The molecule has 0 radical (unpaired) electrons. The smallest absolute Gasteiger partial charge is 0.251 e. The largest absolute Gasteiger partial charge is 0.291 e. The molecule has 0 saturated carbocycles. The van der Waals surface area contributed by atoms with Crippen LogP contribution < -0.4 is 4.90 Å². The summed E-state index contributed by atoms with van der Waals surface area (Å²) in [5.41, 5.74) is 0.0968. The Morgan fingerprint density at radius 3 is 2.30 bits per heavy atom. The number of hydrogen-bond acceptors (Lipinski definition) is 3. The van der Waals surface area contributed by atoms with E-state index in [0.717, 1.165) is 36.5 Å². The second kappa shape index (κ2) is 6.00. The molecule has 0 aromatic heterocycles. The Bertz CT molecular complexity index is 639. The van der Waals surface area contributed by atoms with Crippen molar-refractivity contribution in [1.82, 2.24) is 4.90 Å². The molecule has 2 fully saturated rings. The molecule has 2 heterocycles. The van der Waals surface area contributed by atoms with E-state index in [1.54, 1.807) is 0 Å². The van der Waals surface area contributed by atoms with Crippen LogP contribution in [0.25, 0.3) is 0 Å². The molecule has 0 N–H and O–H groups in total. The fourth-order valence-corrected chi connectivity index (χ4v) is 3.76. The third kappa shape index (κ3) is 3.00. The lowest BCUT2D eigenvalue weighted by atomic mass is 9.90. The lowest BCUT2D eigenvalue weighted by molar-refractivity contribution is -0.123. The average molecular weight is 322 g/mol. The molecule has 124 valence electrons.